The first-order valence-electron chi connectivity index (χ1n) is 7.58. The van der Waals surface area contributed by atoms with Gasteiger partial charge in [0, 0.05) is 17.5 Å². The molecule has 1 aromatic rings. The second kappa shape index (κ2) is 7.29. The summed E-state index contributed by atoms with van der Waals surface area (Å²) >= 11 is 3.58. The first-order chi connectivity index (χ1) is 9.54. The molecule has 0 unspecified atom stereocenters. The van der Waals surface area contributed by atoms with Crippen molar-refractivity contribution >= 4 is 24.2 Å². The third kappa shape index (κ3) is 5.42. The van der Waals surface area contributed by atoms with Crippen molar-refractivity contribution < 1.29 is 9.16 Å². The topological polar surface area (TPSA) is 18.5 Å². The van der Waals surface area contributed by atoms with Gasteiger partial charge in [0.1, 0.15) is 5.75 Å². The van der Waals surface area contributed by atoms with Crippen LogP contribution in [0.3, 0.4) is 0 Å². The molecule has 0 amide bonds. The Labute approximate surface area is 139 Å². The van der Waals surface area contributed by atoms with Gasteiger partial charge in [-0.3, -0.25) is 0 Å². The predicted octanol–water partition coefficient (Wildman–Crippen LogP) is 5.86. The van der Waals surface area contributed by atoms with Gasteiger partial charge in [-0.25, -0.2) is 0 Å². The summed E-state index contributed by atoms with van der Waals surface area (Å²) in [6.07, 6.45) is 0.931. The van der Waals surface area contributed by atoms with Gasteiger partial charge in [-0.15, -0.1) is 0 Å². The molecule has 0 aliphatic heterocycles. The first kappa shape index (κ1) is 18.7. The van der Waals surface area contributed by atoms with E-state index in [-0.39, 0.29) is 5.04 Å². The van der Waals surface area contributed by atoms with Crippen molar-refractivity contribution in [2.75, 3.05) is 13.2 Å². The summed E-state index contributed by atoms with van der Waals surface area (Å²) in [5.74, 6) is 0.945. The zero-order valence-electron chi connectivity index (χ0n) is 14.5. The molecule has 0 bridgehead atoms. The SMILES string of the molecule is Cc1cc(OCCCO[Si](C)(C)C(C)(C)C)cc(C)c1Br. The van der Waals surface area contributed by atoms with E-state index in [9.17, 15) is 0 Å². The Morgan fingerprint density at radius 1 is 1.05 bits per heavy atom. The monoisotopic (exact) mass is 372 g/mol. The molecule has 0 fully saturated rings. The number of ether oxygens (including phenoxy) is 1. The molecule has 0 aromatic heterocycles. The lowest BCUT2D eigenvalue weighted by atomic mass is 10.1. The number of hydrogen-bond acceptors (Lipinski definition) is 2. The zero-order chi connectivity index (χ0) is 16.3. The van der Waals surface area contributed by atoms with Crippen molar-refractivity contribution in [1.29, 1.82) is 0 Å². The molecule has 1 rings (SSSR count). The normalized spacial score (nSPS) is 12.6. The van der Waals surface area contributed by atoms with Crippen LogP contribution >= 0.6 is 15.9 Å². The molecule has 0 aliphatic carbocycles. The van der Waals surface area contributed by atoms with E-state index in [1.165, 1.54) is 11.1 Å². The van der Waals surface area contributed by atoms with Crippen molar-refractivity contribution in [3.05, 3.63) is 27.7 Å². The van der Waals surface area contributed by atoms with E-state index in [2.05, 4.69) is 75.8 Å². The summed E-state index contributed by atoms with van der Waals surface area (Å²) in [5, 5.41) is 0.272. The number of rotatable bonds is 6. The highest BCUT2D eigenvalue weighted by Crippen LogP contribution is 2.36. The highest BCUT2D eigenvalue weighted by Gasteiger charge is 2.36. The second-order valence-electron chi connectivity index (χ2n) is 7.18. The van der Waals surface area contributed by atoms with Gasteiger partial charge in [-0.05, 0) is 55.2 Å². The maximum Gasteiger partial charge on any atom is 0.191 e. The van der Waals surface area contributed by atoms with Gasteiger partial charge in [-0.1, -0.05) is 36.7 Å². The molecule has 0 saturated heterocycles. The lowest BCUT2D eigenvalue weighted by Crippen LogP contribution is -2.41. The van der Waals surface area contributed by atoms with Gasteiger partial charge < -0.3 is 9.16 Å². The van der Waals surface area contributed by atoms with E-state index in [1.54, 1.807) is 0 Å². The Morgan fingerprint density at radius 3 is 2.05 bits per heavy atom. The minimum Gasteiger partial charge on any atom is -0.493 e. The van der Waals surface area contributed by atoms with Crippen LogP contribution in [0.4, 0.5) is 0 Å². The quantitative estimate of drug-likeness (QED) is 0.459. The summed E-state index contributed by atoms with van der Waals surface area (Å²) < 4.78 is 13.2. The van der Waals surface area contributed by atoms with Gasteiger partial charge in [0.15, 0.2) is 8.32 Å². The van der Waals surface area contributed by atoms with Gasteiger partial charge in [-0.2, -0.15) is 0 Å². The summed E-state index contributed by atoms with van der Waals surface area (Å²) in [4.78, 5) is 0. The van der Waals surface area contributed by atoms with Crippen LogP contribution in [0.5, 0.6) is 5.75 Å². The summed E-state index contributed by atoms with van der Waals surface area (Å²) in [6.45, 7) is 17.0. The van der Waals surface area contributed by atoms with E-state index in [1.807, 2.05) is 0 Å². The molecular weight excluding hydrogens is 344 g/mol. The van der Waals surface area contributed by atoms with Crippen LogP contribution in [0.25, 0.3) is 0 Å². The van der Waals surface area contributed by atoms with Gasteiger partial charge in [0.05, 0.1) is 6.61 Å². The van der Waals surface area contributed by atoms with Crippen molar-refractivity contribution in [3.8, 4) is 5.75 Å². The van der Waals surface area contributed by atoms with Crippen molar-refractivity contribution in [2.24, 2.45) is 0 Å². The summed E-state index contributed by atoms with van der Waals surface area (Å²) in [6, 6.07) is 4.15. The highest BCUT2D eigenvalue weighted by molar-refractivity contribution is 9.10. The second-order valence-corrected chi connectivity index (χ2v) is 12.8. The van der Waals surface area contributed by atoms with E-state index in [0.717, 1.165) is 23.2 Å². The molecular formula is C17H29BrO2Si. The third-order valence-corrected chi connectivity index (χ3v) is 10.0. The zero-order valence-corrected chi connectivity index (χ0v) is 17.1. The molecule has 21 heavy (non-hydrogen) atoms. The first-order valence-corrected chi connectivity index (χ1v) is 11.3. The fourth-order valence-electron chi connectivity index (χ4n) is 1.78. The molecule has 2 nitrogen and oxygen atoms in total. The fraction of sp³-hybridized carbons (Fsp3) is 0.647. The molecule has 0 spiro atoms. The van der Waals surface area contributed by atoms with Crippen LogP contribution in [0, 0.1) is 13.8 Å². The largest absolute Gasteiger partial charge is 0.493 e. The lowest BCUT2D eigenvalue weighted by molar-refractivity contribution is 0.233. The standard InChI is InChI=1S/C17H29BrO2Si/c1-13-11-15(12-14(2)16(13)18)19-9-8-10-20-21(6,7)17(3,4)5/h11-12H,8-10H2,1-7H3. The molecule has 4 heteroatoms. The van der Waals surface area contributed by atoms with E-state index < -0.39 is 8.32 Å². The Balaban J connectivity index is 2.39. The average Bonchev–Trinajstić information content (AvgIpc) is 2.33. The van der Waals surface area contributed by atoms with E-state index in [4.69, 9.17) is 9.16 Å². The van der Waals surface area contributed by atoms with Gasteiger partial charge >= 0.3 is 0 Å². The van der Waals surface area contributed by atoms with Crippen LogP contribution in [0.2, 0.25) is 18.1 Å². The van der Waals surface area contributed by atoms with Crippen LogP contribution < -0.4 is 4.74 Å². The average molecular weight is 373 g/mol. The maximum absolute atomic E-state index is 6.15. The van der Waals surface area contributed by atoms with Crippen LogP contribution in [-0.4, -0.2) is 21.5 Å². The van der Waals surface area contributed by atoms with Gasteiger partial charge in [0.25, 0.3) is 0 Å². The molecule has 1 aromatic carbocycles. The molecule has 120 valence electrons. The number of halogens is 1. The van der Waals surface area contributed by atoms with Crippen molar-refractivity contribution in [2.45, 2.75) is 59.2 Å². The summed E-state index contributed by atoms with van der Waals surface area (Å²) in [7, 11) is -1.62. The minimum absolute atomic E-state index is 0.272. The predicted molar refractivity (Wildman–Crippen MR) is 96.9 cm³/mol. The van der Waals surface area contributed by atoms with Gasteiger partial charge in [0.2, 0.25) is 0 Å². The third-order valence-electron chi connectivity index (χ3n) is 4.24. The molecule has 0 atom stereocenters. The molecule has 0 N–H and O–H groups in total. The maximum atomic E-state index is 6.15. The minimum atomic E-state index is -1.62. The number of hydrogen-bond donors (Lipinski definition) is 0. The molecule has 0 aliphatic rings. The Morgan fingerprint density at radius 2 is 1.57 bits per heavy atom. The number of benzene rings is 1. The smallest absolute Gasteiger partial charge is 0.191 e. The molecule has 0 heterocycles. The van der Waals surface area contributed by atoms with Crippen LogP contribution in [0.1, 0.15) is 38.3 Å². The van der Waals surface area contributed by atoms with Crippen molar-refractivity contribution in [1.82, 2.24) is 0 Å². The molecule has 0 radical (unpaired) electrons. The molecule has 0 saturated carbocycles. The van der Waals surface area contributed by atoms with Crippen molar-refractivity contribution in [3.63, 3.8) is 0 Å². The Kier molecular flexibility index (Phi) is 6.50. The lowest BCUT2D eigenvalue weighted by Gasteiger charge is -2.36. The highest BCUT2D eigenvalue weighted by atomic mass is 79.9. The Hall–Kier alpha value is -0.323. The van der Waals surface area contributed by atoms with E-state index in [0.29, 0.717) is 6.61 Å². The summed E-state index contributed by atoms with van der Waals surface area (Å²) in [5.41, 5.74) is 2.42. The van der Waals surface area contributed by atoms with E-state index >= 15 is 0 Å². The fourth-order valence-corrected chi connectivity index (χ4v) is 3.10. The number of aryl methyl sites for hydroxylation is 2. The Bertz CT molecular complexity index is 455. The van der Waals surface area contributed by atoms with Crippen LogP contribution in [-0.2, 0) is 4.43 Å². The van der Waals surface area contributed by atoms with Crippen LogP contribution in [0.15, 0.2) is 16.6 Å².